The first-order valence-corrected chi connectivity index (χ1v) is 9.20. The Morgan fingerprint density at radius 2 is 2.04 bits per heavy atom. The Morgan fingerprint density at radius 3 is 2.70 bits per heavy atom. The number of fused-ring (bicyclic) bond motifs is 1. The molecule has 2 aromatic rings. The van der Waals surface area contributed by atoms with Crippen LogP contribution in [0.15, 0.2) is 42.6 Å². The van der Waals surface area contributed by atoms with Crippen molar-refractivity contribution >= 4 is 11.8 Å². The minimum atomic E-state index is -0.546. The average molecular weight is 367 g/mol. The standard InChI is InChI=1S/C21H25N3O3/c1-13(2)19(24-14(3)25)21(26)23-12-16-11-15-7-6-8-17(20(15)27-16)18-9-4-5-10-22-18/h4-10,13,16,19H,11-12H2,1-3H3,(H,23,26)(H,24,25)/t16-,19+/m1/s1. The van der Waals surface area contributed by atoms with Gasteiger partial charge in [-0.3, -0.25) is 14.6 Å². The predicted octanol–water partition coefficient (Wildman–Crippen LogP) is 2.33. The van der Waals surface area contributed by atoms with E-state index in [1.165, 1.54) is 6.92 Å². The van der Waals surface area contributed by atoms with Gasteiger partial charge in [0, 0.05) is 25.1 Å². The van der Waals surface area contributed by atoms with E-state index in [0.29, 0.717) is 6.54 Å². The molecule has 1 aromatic carbocycles. The molecule has 0 saturated carbocycles. The number of amides is 2. The number of rotatable bonds is 6. The Labute approximate surface area is 159 Å². The highest BCUT2D eigenvalue weighted by Crippen LogP contribution is 2.37. The first-order chi connectivity index (χ1) is 13.0. The molecule has 3 rings (SSSR count). The van der Waals surface area contributed by atoms with Gasteiger partial charge in [0.1, 0.15) is 17.9 Å². The molecule has 0 radical (unpaired) electrons. The normalized spacial score (nSPS) is 16.4. The van der Waals surface area contributed by atoms with Gasteiger partial charge in [-0.25, -0.2) is 0 Å². The summed E-state index contributed by atoms with van der Waals surface area (Å²) in [6, 6.07) is 11.3. The monoisotopic (exact) mass is 367 g/mol. The lowest BCUT2D eigenvalue weighted by atomic mass is 10.0. The molecule has 6 nitrogen and oxygen atoms in total. The van der Waals surface area contributed by atoms with Gasteiger partial charge in [-0.05, 0) is 29.7 Å². The van der Waals surface area contributed by atoms with Gasteiger partial charge in [-0.15, -0.1) is 0 Å². The molecular formula is C21H25N3O3. The third-order valence-electron chi connectivity index (χ3n) is 4.58. The van der Waals surface area contributed by atoms with Gasteiger partial charge in [0.15, 0.2) is 0 Å². The van der Waals surface area contributed by atoms with Gasteiger partial charge in [0.25, 0.3) is 0 Å². The first-order valence-electron chi connectivity index (χ1n) is 9.20. The molecule has 1 aromatic heterocycles. The van der Waals surface area contributed by atoms with E-state index >= 15 is 0 Å². The smallest absolute Gasteiger partial charge is 0.242 e. The number of pyridine rings is 1. The van der Waals surface area contributed by atoms with E-state index in [1.807, 2.05) is 50.2 Å². The van der Waals surface area contributed by atoms with Crippen molar-refractivity contribution < 1.29 is 14.3 Å². The molecule has 2 atom stereocenters. The molecule has 2 N–H and O–H groups in total. The van der Waals surface area contributed by atoms with Crippen LogP contribution in [-0.4, -0.2) is 35.5 Å². The second-order valence-electron chi connectivity index (χ2n) is 7.12. The van der Waals surface area contributed by atoms with E-state index in [-0.39, 0.29) is 23.8 Å². The highest BCUT2D eigenvalue weighted by atomic mass is 16.5. The Kier molecular flexibility index (Phi) is 5.74. The fraction of sp³-hybridized carbons (Fsp3) is 0.381. The van der Waals surface area contributed by atoms with Crippen LogP contribution < -0.4 is 15.4 Å². The number of aromatic nitrogens is 1. The highest BCUT2D eigenvalue weighted by Gasteiger charge is 2.28. The van der Waals surface area contributed by atoms with Crippen molar-refractivity contribution in [3.8, 4) is 17.0 Å². The molecule has 1 aliphatic rings. The summed E-state index contributed by atoms with van der Waals surface area (Å²) in [5.74, 6) is 0.433. The highest BCUT2D eigenvalue weighted by molar-refractivity contribution is 5.87. The molecular weight excluding hydrogens is 342 g/mol. The maximum Gasteiger partial charge on any atom is 0.242 e. The largest absolute Gasteiger partial charge is 0.487 e. The van der Waals surface area contributed by atoms with E-state index in [2.05, 4.69) is 15.6 Å². The fourth-order valence-corrected chi connectivity index (χ4v) is 3.25. The molecule has 0 spiro atoms. The van der Waals surface area contributed by atoms with Crippen molar-refractivity contribution in [2.45, 2.75) is 39.3 Å². The minimum absolute atomic E-state index is 0.00588. The maximum atomic E-state index is 12.4. The van der Waals surface area contributed by atoms with Crippen molar-refractivity contribution in [2.24, 2.45) is 5.92 Å². The second kappa shape index (κ2) is 8.20. The number of benzene rings is 1. The lowest BCUT2D eigenvalue weighted by Crippen LogP contribution is -2.50. The molecule has 0 saturated heterocycles. The van der Waals surface area contributed by atoms with Crippen LogP contribution in [0, 0.1) is 5.92 Å². The van der Waals surface area contributed by atoms with Crippen LogP contribution in [0.5, 0.6) is 5.75 Å². The summed E-state index contributed by atoms with van der Waals surface area (Å²) in [6.45, 7) is 5.61. The van der Waals surface area contributed by atoms with E-state index in [1.54, 1.807) is 6.20 Å². The summed E-state index contributed by atoms with van der Waals surface area (Å²) in [5, 5.41) is 5.61. The third-order valence-corrected chi connectivity index (χ3v) is 4.58. The Bertz CT molecular complexity index is 821. The summed E-state index contributed by atoms with van der Waals surface area (Å²) < 4.78 is 6.12. The van der Waals surface area contributed by atoms with Crippen LogP contribution in [0.3, 0.4) is 0 Å². The third kappa shape index (κ3) is 4.45. The molecule has 0 aliphatic carbocycles. The van der Waals surface area contributed by atoms with E-state index < -0.39 is 6.04 Å². The maximum absolute atomic E-state index is 12.4. The number of para-hydroxylation sites is 1. The van der Waals surface area contributed by atoms with Crippen molar-refractivity contribution in [3.05, 3.63) is 48.2 Å². The fourth-order valence-electron chi connectivity index (χ4n) is 3.25. The second-order valence-corrected chi connectivity index (χ2v) is 7.12. The minimum Gasteiger partial charge on any atom is -0.487 e. The predicted molar refractivity (Wildman–Crippen MR) is 103 cm³/mol. The number of carbonyl (C=O) groups is 2. The molecule has 142 valence electrons. The van der Waals surface area contributed by atoms with Gasteiger partial charge in [0.05, 0.1) is 12.2 Å². The molecule has 0 unspecified atom stereocenters. The summed E-state index contributed by atoms with van der Waals surface area (Å²) in [4.78, 5) is 28.2. The van der Waals surface area contributed by atoms with Crippen LogP contribution in [0.1, 0.15) is 26.3 Å². The van der Waals surface area contributed by atoms with E-state index in [0.717, 1.165) is 29.0 Å². The average Bonchev–Trinajstić information content (AvgIpc) is 3.07. The Morgan fingerprint density at radius 1 is 1.22 bits per heavy atom. The zero-order chi connectivity index (χ0) is 19.4. The first kappa shape index (κ1) is 18.9. The number of nitrogens with zero attached hydrogens (tertiary/aromatic N) is 1. The number of hydrogen-bond acceptors (Lipinski definition) is 4. The zero-order valence-electron chi connectivity index (χ0n) is 15.9. The lowest BCUT2D eigenvalue weighted by Gasteiger charge is -2.22. The SMILES string of the molecule is CC(=O)N[C@H](C(=O)NC[C@H]1Cc2cccc(-c3ccccn3)c2O1)C(C)C. The quantitative estimate of drug-likeness (QED) is 0.821. The zero-order valence-corrected chi connectivity index (χ0v) is 15.9. The van der Waals surface area contributed by atoms with Crippen molar-refractivity contribution in [1.82, 2.24) is 15.6 Å². The number of carbonyl (C=O) groups excluding carboxylic acids is 2. The number of nitrogens with one attached hydrogen (secondary N) is 2. The molecule has 0 bridgehead atoms. The molecule has 27 heavy (non-hydrogen) atoms. The van der Waals surface area contributed by atoms with Gasteiger partial charge < -0.3 is 15.4 Å². The van der Waals surface area contributed by atoms with Crippen molar-refractivity contribution in [1.29, 1.82) is 0 Å². The summed E-state index contributed by atoms with van der Waals surface area (Å²) in [5.41, 5.74) is 2.93. The number of ether oxygens (including phenoxy) is 1. The van der Waals surface area contributed by atoms with Gasteiger partial charge in [-0.1, -0.05) is 32.0 Å². The lowest BCUT2D eigenvalue weighted by molar-refractivity contribution is -0.129. The topological polar surface area (TPSA) is 80.3 Å². The van der Waals surface area contributed by atoms with Crippen LogP contribution in [0.2, 0.25) is 0 Å². The van der Waals surface area contributed by atoms with Crippen molar-refractivity contribution in [3.63, 3.8) is 0 Å². The van der Waals surface area contributed by atoms with Crippen LogP contribution in [0.4, 0.5) is 0 Å². The van der Waals surface area contributed by atoms with Crippen LogP contribution in [-0.2, 0) is 16.0 Å². The van der Waals surface area contributed by atoms with Crippen molar-refractivity contribution in [2.75, 3.05) is 6.54 Å². The van der Waals surface area contributed by atoms with Crippen LogP contribution in [0.25, 0.3) is 11.3 Å². The summed E-state index contributed by atoms with van der Waals surface area (Å²) in [6.07, 6.45) is 2.34. The number of hydrogen-bond donors (Lipinski definition) is 2. The Hall–Kier alpha value is -2.89. The molecule has 6 heteroatoms. The van der Waals surface area contributed by atoms with Gasteiger partial charge in [-0.2, -0.15) is 0 Å². The molecule has 1 aliphatic heterocycles. The molecule has 2 heterocycles. The summed E-state index contributed by atoms with van der Waals surface area (Å²) >= 11 is 0. The van der Waals surface area contributed by atoms with E-state index in [4.69, 9.17) is 4.74 Å². The van der Waals surface area contributed by atoms with Gasteiger partial charge in [0.2, 0.25) is 11.8 Å². The van der Waals surface area contributed by atoms with E-state index in [9.17, 15) is 9.59 Å². The van der Waals surface area contributed by atoms with Crippen LogP contribution >= 0.6 is 0 Å². The molecule has 0 fully saturated rings. The van der Waals surface area contributed by atoms with Gasteiger partial charge >= 0.3 is 0 Å². The summed E-state index contributed by atoms with van der Waals surface area (Å²) in [7, 11) is 0. The molecule has 2 amide bonds. The Balaban J connectivity index is 1.65.